The van der Waals surface area contributed by atoms with Crippen LogP contribution in [0.25, 0.3) is 11.1 Å². The van der Waals surface area contributed by atoms with Gasteiger partial charge in [0.15, 0.2) is 5.78 Å². The zero-order valence-corrected chi connectivity index (χ0v) is 18.7. The lowest BCUT2D eigenvalue weighted by atomic mass is 10.0. The van der Waals surface area contributed by atoms with Crippen molar-refractivity contribution in [1.29, 1.82) is 5.26 Å². The molecule has 3 heteroatoms. The molecular formula is C28H35NO2. The maximum atomic E-state index is 11.1. The van der Waals surface area contributed by atoms with Crippen molar-refractivity contribution in [2.75, 3.05) is 6.61 Å². The van der Waals surface area contributed by atoms with Gasteiger partial charge in [0.05, 0.1) is 18.2 Å². The molecule has 0 aliphatic rings. The van der Waals surface area contributed by atoms with E-state index in [4.69, 9.17) is 10.00 Å². The molecule has 0 saturated carbocycles. The Bertz CT molecular complexity index is 816. The summed E-state index contributed by atoms with van der Waals surface area (Å²) >= 11 is 0. The third kappa shape index (κ3) is 10.1. The van der Waals surface area contributed by atoms with Crippen molar-refractivity contribution in [3.05, 3.63) is 66.7 Å². The van der Waals surface area contributed by atoms with Gasteiger partial charge in [-0.25, -0.2) is 0 Å². The zero-order chi connectivity index (χ0) is 22.2. The first kappa shape index (κ1) is 24.4. The molecule has 31 heavy (non-hydrogen) atoms. The molecule has 0 spiro atoms. The first-order valence-electron chi connectivity index (χ1n) is 11.6. The van der Waals surface area contributed by atoms with E-state index in [1.807, 2.05) is 36.4 Å². The smallest absolute Gasteiger partial charge is 0.155 e. The number of ether oxygens (including phenoxy) is 1. The summed E-state index contributed by atoms with van der Waals surface area (Å²) in [6, 6.07) is 17.9. The Hall–Kier alpha value is -2.86. The fourth-order valence-electron chi connectivity index (χ4n) is 3.59. The summed E-state index contributed by atoms with van der Waals surface area (Å²) in [6.07, 6.45) is 14.3. The van der Waals surface area contributed by atoms with Crippen LogP contribution in [0, 0.1) is 11.3 Å². The van der Waals surface area contributed by atoms with Gasteiger partial charge in [-0.3, -0.25) is 4.79 Å². The molecular weight excluding hydrogens is 382 g/mol. The van der Waals surface area contributed by atoms with Crippen molar-refractivity contribution in [2.24, 2.45) is 0 Å². The Kier molecular flexibility index (Phi) is 11.8. The van der Waals surface area contributed by atoms with E-state index in [2.05, 4.69) is 24.8 Å². The van der Waals surface area contributed by atoms with Crippen LogP contribution < -0.4 is 4.74 Å². The van der Waals surface area contributed by atoms with Gasteiger partial charge in [0.25, 0.3) is 0 Å². The summed E-state index contributed by atoms with van der Waals surface area (Å²) in [5.74, 6) is 1.08. The van der Waals surface area contributed by atoms with E-state index in [-0.39, 0.29) is 5.78 Å². The van der Waals surface area contributed by atoms with Crippen LogP contribution in [-0.4, -0.2) is 12.4 Å². The van der Waals surface area contributed by atoms with Crippen LogP contribution in [0.4, 0.5) is 0 Å². The molecule has 0 N–H and O–H groups in total. The highest BCUT2D eigenvalue weighted by atomic mass is 16.5. The lowest BCUT2D eigenvalue weighted by molar-refractivity contribution is -0.114. The summed E-state index contributed by atoms with van der Waals surface area (Å²) in [7, 11) is 0. The van der Waals surface area contributed by atoms with Crippen LogP contribution >= 0.6 is 0 Å². The fraction of sp³-hybridized carbons (Fsp3) is 0.429. The number of carbonyl (C=O) groups is 1. The minimum atomic E-state index is 0.170. The van der Waals surface area contributed by atoms with Crippen LogP contribution in [0.1, 0.15) is 76.2 Å². The number of ketones is 1. The van der Waals surface area contributed by atoms with E-state index in [0.717, 1.165) is 42.7 Å². The Morgan fingerprint density at radius 2 is 1.26 bits per heavy atom. The second kappa shape index (κ2) is 15.0. The van der Waals surface area contributed by atoms with Crippen LogP contribution in [0.5, 0.6) is 5.75 Å². The fourth-order valence-corrected chi connectivity index (χ4v) is 3.59. The summed E-state index contributed by atoms with van der Waals surface area (Å²) in [5, 5.41) is 8.89. The second-order valence-electron chi connectivity index (χ2n) is 8.02. The summed E-state index contributed by atoms with van der Waals surface area (Å²) in [5.41, 5.74) is 2.91. The zero-order valence-electron chi connectivity index (χ0n) is 18.7. The minimum absolute atomic E-state index is 0.170. The SMILES string of the molecule is C=CC(=O)CCCCCCCCCCCCOc1ccc(-c2ccc(C#N)cc2)cc1. The molecule has 0 unspecified atom stereocenters. The van der Waals surface area contributed by atoms with Gasteiger partial charge < -0.3 is 4.74 Å². The van der Waals surface area contributed by atoms with Gasteiger partial charge in [-0.05, 0) is 54.3 Å². The molecule has 0 saturated heterocycles. The molecule has 2 aromatic carbocycles. The molecule has 0 heterocycles. The molecule has 0 amide bonds. The quantitative estimate of drug-likeness (QED) is 0.208. The highest BCUT2D eigenvalue weighted by Crippen LogP contribution is 2.23. The molecule has 0 bridgehead atoms. The lowest BCUT2D eigenvalue weighted by Crippen LogP contribution is -1.97. The molecule has 164 valence electrons. The van der Waals surface area contributed by atoms with Crippen molar-refractivity contribution in [2.45, 2.75) is 70.6 Å². The molecule has 3 nitrogen and oxygen atoms in total. The molecule has 0 atom stereocenters. The van der Waals surface area contributed by atoms with Crippen molar-refractivity contribution in [3.8, 4) is 22.9 Å². The van der Waals surface area contributed by atoms with Crippen LogP contribution in [0.2, 0.25) is 0 Å². The van der Waals surface area contributed by atoms with Crippen molar-refractivity contribution >= 4 is 5.78 Å². The predicted octanol–water partition coefficient (Wildman–Crippen LogP) is 7.65. The molecule has 0 fully saturated rings. The molecule has 0 aliphatic carbocycles. The van der Waals surface area contributed by atoms with E-state index in [1.165, 1.54) is 51.0 Å². The maximum absolute atomic E-state index is 11.1. The molecule has 0 aliphatic heterocycles. The van der Waals surface area contributed by atoms with Gasteiger partial charge in [0.1, 0.15) is 5.75 Å². The molecule has 2 aromatic rings. The van der Waals surface area contributed by atoms with Gasteiger partial charge in [-0.2, -0.15) is 5.26 Å². The van der Waals surface area contributed by atoms with Gasteiger partial charge >= 0.3 is 0 Å². The summed E-state index contributed by atoms with van der Waals surface area (Å²) < 4.78 is 5.87. The Morgan fingerprint density at radius 1 is 0.774 bits per heavy atom. The molecule has 0 radical (unpaired) electrons. The van der Waals surface area contributed by atoms with Crippen molar-refractivity contribution in [1.82, 2.24) is 0 Å². The average molecular weight is 418 g/mol. The number of nitriles is 1. The third-order valence-corrected chi connectivity index (χ3v) is 5.52. The summed E-state index contributed by atoms with van der Waals surface area (Å²) in [4.78, 5) is 11.1. The monoisotopic (exact) mass is 417 g/mol. The molecule has 2 rings (SSSR count). The highest BCUT2D eigenvalue weighted by molar-refractivity contribution is 5.88. The summed E-state index contributed by atoms with van der Waals surface area (Å²) in [6.45, 7) is 4.27. The van der Waals surface area contributed by atoms with E-state index >= 15 is 0 Å². The number of hydrogen-bond donors (Lipinski definition) is 0. The third-order valence-electron chi connectivity index (χ3n) is 5.52. The lowest BCUT2D eigenvalue weighted by Gasteiger charge is -2.08. The van der Waals surface area contributed by atoms with Gasteiger partial charge in [0.2, 0.25) is 0 Å². The first-order valence-corrected chi connectivity index (χ1v) is 11.6. The van der Waals surface area contributed by atoms with Gasteiger partial charge in [-0.1, -0.05) is 82.2 Å². The number of hydrogen-bond acceptors (Lipinski definition) is 3. The topological polar surface area (TPSA) is 50.1 Å². The van der Waals surface area contributed by atoms with Crippen LogP contribution in [-0.2, 0) is 4.79 Å². The predicted molar refractivity (Wildman–Crippen MR) is 128 cm³/mol. The van der Waals surface area contributed by atoms with Crippen LogP contribution in [0.3, 0.4) is 0 Å². The number of rotatable bonds is 16. The number of nitrogens with zero attached hydrogens (tertiary/aromatic N) is 1. The average Bonchev–Trinajstić information content (AvgIpc) is 2.82. The largest absolute Gasteiger partial charge is 0.494 e. The number of allylic oxidation sites excluding steroid dienone is 1. The van der Waals surface area contributed by atoms with Crippen LogP contribution in [0.15, 0.2) is 61.2 Å². The van der Waals surface area contributed by atoms with Gasteiger partial charge in [0, 0.05) is 6.42 Å². The standard InChI is InChI=1S/C28H35NO2/c1-2-27(30)13-11-9-7-5-3-4-6-8-10-12-22-31-28-20-18-26(19-21-28)25-16-14-24(23-29)15-17-25/h2,14-21H,1,3-13,22H2. The van der Waals surface area contributed by atoms with Crippen molar-refractivity contribution in [3.63, 3.8) is 0 Å². The second-order valence-corrected chi connectivity index (χ2v) is 8.02. The molecule has 0 aromatic heterocycles. The Morgan fingerprint density at radius 3 is 1.77 bits per heavy atom. The van der Waals surface area contributed by atoms with E-state index < -0.39 is 0 Å². The number of benzene rings is 2. The van der Waals surface area contributed by atoms with E-state index in [9.17, 15) is 4.79 Å². The van der Waals surface area contributed by atoms with E-state index in [1.54, 1.807) is 0 Å². The van der Waals surface area contributed by atoms with Crippen molar-refractivity contribution < 1.29 is 9.53 Å². The minimum Gasteiger partial charge on any atom is -0.494 e. The highest BCUT2D eigenvalue weighted by Gasteiger charge is 2.00. The normalized spacial score (nSPS) is 10.4. The van der Waals surface area contributed by atoms with Gasteiger partial charge in [-0.15, -0.1) is 0 Å². The van der Waals surface area contributed by atoms with E-state index in [0.29, 0.717) is 12.0 Å². The number of unbranched alkanes of at least 4 members (excludes halogenated alkanes) is 9. The number of carbonyl (C=O) groups excluding carboxylic acids is 1. The first-order chi connectivity index (χ1) is 15.2. The maximum Gasteiger partial charge on any atom is 0.155 e. The Labute approximate surface area is 187 Å². The Balaban J connectivity index is 1.46.